The topological polar surface area (TPSA) is 41.9 Å². The van der Waals surface area contributed by atoms with Crippen molar-refractivity contribution in [2.24, 2.45) is 0 Å². The molecule has 1 N–H and O–H groups in total. The predicted molar refractivity (Wildman–Crippen MR) is 116 cm³/mol. The molecule has 3 atom stereocenters. The van der Waals surface area contributed by atoms with Crippen molar-refractivity contribution < 1.29 is 14.6 Å². The summed E-state index contributed by atoms with van der Waals surface area (Å²) in [5.41, 5.74) is 2.24. The monoisotopic (exact) mass is 445 g/mol. The molecule has 0 aromatic heterocycles. The van der Waals surface area contributed by atoms with Crippen LogP contribution < -0.4 is 4.74 Å². The van der Waals surface area contributed by atoms with Gasteiger partial charge in [0, 0.05) is 23.6 Å². The third-order valence-corrected chi connectivity index (χ3v) is 5.63. The molecule has 1 aliphatic rings. The Hall–Kier alpha value is -1.66. The number of β-amino-alcohol motifs (C(OH)–C–C–N with tert-alkyl or cyclic N) is 1. The van der Waals surface area contributed by atoms with E-state index in [-0.39, 0.29) is 18.8 Å². The number of hydrogen-bond acceptors (Lipinski definition) is 4. The first-order valence-corrected chi connectivity index (χ1v) is 10.5. The van der Waals surface area contributed by atoms with E-state index in [1.54, 1.807) is 0 Å². The molecule has 1 fully saturated rings. The molecule has 1 aliphatic heterocycles. The zero-order valence-corrected chi connectivity index (χ0v) is 17.8. The predicted octanol–water partition coefficient (Wildman–Crippen LogP) is 4.38. The fourth-order valence-corrected chi connectivity index (χ4v) is 3.86. The minimum atomic E-state index is -0.567. The molecular formula is C23H28BrNO3. The number of allylic oxidation sites excluding steroid dienone is 1. The Balaban J connectivity index is 1.56. The summed E-state index contributed by atoms with van der Waals surface area (Å²) < 4.78 is 13.0. The Kier molecular flexibility index (Phi) is 7.68. The summed E-state index contributed by atoms with van der Waals surface area (Å²) in [5.74, 6) is 0.809. The van der Waals surface area contributed by atoms with Gasteiger partial charge in [-0.15, -0.1) is 6.58 Å². The van der Waals surface area contributed by atoms with Crippen molar-refractivity contribution in [2.45, 2.75) is 31.6 Å². The number of ether oxygens (including phenoxy) is 2. The van der Waals surface area contributed by atoms with Gasteiger partial charge in [-0.3, -0.25) is 4.90 Å². The number of rotatable bonds is 8. The van der Waals surface area contributed by atoms with Gasteiger partial charge in [-0.05, 0) is 42.7 Å². The minimum Gasteiger partial charge on any atom is -0.491 e. The van der Waals surface area contributed by atoms with Crippen LogP contribution >= 0.6 is 15.9 Å². The van der Waals surface area contributed by atoms with Crippen LogP contribution in [0.1, 0.15) is 24.2 Å². The number of morpholine rings is 1. The molecule has 2 aromatic carbocycles. The molecule has 2 aromatic rings. The number of benzene rings is 2. The Morgan fingerprint density at radius 1 is 1.29 bits per heavy atom. The first kappa shape index (κ1) is 21.1. The number of nitrogens with zero attached hydrogens (tertiary/aromatic N) is 1. The van der Waals surface area contributed by atoms with Gasteiger partial charge in [-0.1, -0.05) is 52.3 Å². The van der Waals surface area contributed by atoms with Gasteiger partial charge < -0.3 is 14.6 Å². The summed E-state index contributed by atoms with van der Waals surface area (Å²) in [5, 5.41) is 10.6. The fourth-order valence-electron chi connectivity index (χ4n) is 3.59. The highest BCUT2D eigenvalue weighted by atomic mass is 79.9. The molecular weight excluding hydrogens is 418 g/mol. The molecule has 0 amide bonds. The second-order valence-corrected chi connectivity index (χ2v) is 8.06. The van der Waals surface area contributed by atoms with E-state index in [1.807, 2.05) is 42.5 Å². The first-order chi connectivity index (χ1) is 13.6. The molecule has 0 bridgehead atoms. The highest BCUT2D eigenvalue weighted by Crippen LogP contribution is 2.29. The third-order valence-electron chi connectivity index (χ3n) is 5.10. The van der Waals surface area contributed by atoms with Gasteiger partial charge in [0.05, 0.1) is 12.7 Å². The zero-order valence-electron chi connectivity index (χ0n) is 16.3. The van der Waals surface area contributed by atoms with E-state index in [9.17, 15) is 5.11 Å². The summed E-state index contributed by atoms with van der Waals surface area (Å²) in [4.78, 5) is 2.28. The van der Waals surface area contributed by atoms with Crippen molar-refractivity contribution >= 4 is 15.9 Å². The van der Waals surface area contributed by atoms with Gasteiger partial charge >= 0.3 is 0 Å². The number of aliphatic hydroxyl groups is 1. The van der Waals surface area contributed by atoms with Gasteiger partial charge in [0.2, 0.25) is 0 Å². The molecule has 0 radical (unpaired) electrons. The van der Waals surface area contributed by atoms with Crippen molar-refractivity contribution in [1.82, 2.24) is 4.90 Å². The lowest BCUT2D eigenvalue weighted by Crippen LogP contribution is -2.49. The SMILES string of the molecule is C=CCc1ccccc1OCC(O)CN1CCOC(c2ccc(Br)cc2)C1C. The quantitative estimate of drug-likeness (QED) is 0.612. The lowest BCUT2D eigenvalue weighted by molar-refractivity contribution is -0.0805. The van der Waals surface area contributed by atoms with E-state index in [4.69, 9.17) is 9.47 Å². The van der Waals surface area contributed by atoms with Crippen molar-refractivity contribution in [2.75, 3.05) is 26.3 Å². The van der Waals surface area contributed by atoms with Crippen LogP contribution in [-0.4, -0.2) is 48.5 Å². The molecule has 150 valence electrons. The first-order valence-electron chi connectivity index (χ1n) is 9.69. The number of halogens is 1. The molecule has 1 heterocycles. The second-order valence-electron chi connectivity index (χ2n) is 7.14. The summed E-state index contributed by atoms with van der Waals surface area (Å²) in [6.07, 6.45) is 2.05. The molecule has 0 spiro atoms. The van der Waals surface area contributed by atoms with Gasteiger partial charge in [-0.25, -0.2) is 0 Å². The van der Waals surface area contributed by atoms with Crippen LogP contribution in [0.25, 0.3) is 0 Å². The summed E-state index contributed by atoms with van der Waals surface area (Å²) in [6.45, 7) is 8.22. The number of para-hydroxylation sites is 1. The van der Waals surface area contributed by atoms with Crippen LogP contribution in [0.5, 0.6) is 5.75 Å². The molecule has 0 saturated carbocycles. The van der Waals surface area contributed by atoms with Crippen LogP contribution in [0.2, 0.25) is 0 Å². The molecule has 28 heavy (non-hydrogen) atoms. The van der Waals surface area contributed by atoms with Crippen molar-refractivity contribution in [3.63, 3.8) is 0 Å². The standard InChI is InChI=1S/C23H28BrNO3/c1-3-6-18-7-4-5-8-22(18)28-16-21(26)15-25-13-14-27-23(17(25)2)19-9-11-20(24)12-10-19/h3-5,7-12,17,21,23,26H,1,6,13-16H2,2H3. The van der Waals surface area contributed by atoms with Crippen LogP contribution in [-0.2, 0) is 11.2 Å². The van der Waals surface area contributed by atoms with Gasteiger partial charge in [-0.2, -0.15) is 0 Å². The van der Waals surface area contributed by atoms with E-state index >= 15 is 0 Å². The highest BCUT2D eigenvalue weighted by molar-refractivity contribution is 9.10. The summed E-state index contributed by atoms with van der Waals surface area (Å²) in [6, 6.07) is 16.3. The fraction of sp³-hybridized carbons (Fsp3) is 0.391. The number of hydrogen-bond donors (Lipinski definition) is 1. The Bertz CT molecular complexity index is 765. The van der Waals surface area contributed by atoms with Crippen LogP contribution in [0.4, 0.5) is 0 Å². The molecule has 3 unspecified atom stereocenters. The van der Waals surface area contributed by atoms with Crippen LogP contribution in [0, 0.1) is 0 Å². The lowest BCUT2D eigenvalue weighted by atomic mass is 10.0. The maximum Gasteiger partial charge on any atom is 0.122 e. The minimum absolute atomic E-state index is 0.00304. The highest BCUT2D eigenvalue weighted by Gasteiger charge is 2.31. The van der Waals surface area contributed by atoms with E-state index in [1.165, 1.54) is 0 Å². The van der Waals surface area contributed by atoms with Gasteiger partial charge in [0.25, 0.3) is 0 Å². The summed E-state index contributed by atoms with van der Waals surface area (Å²) >= 11 is 3.48. The van der Waals surface area contributed by atoms with Crippen LogP contribution in [0.15, 0.2) is 65.7 Å². The normalized spacial score (nSPS) is 21.2. The lowest BCUT2D eigenvalue weighted by Gasteiger charge is -2.40. The number of aliphatic hydroxyl groups excluding tert-OH is 1. The van der Waals surface area contributed by atoms with E-state index < -0.39 is 6.10 Å². The average molecular weight is 446 g/mol. The largest absolute Gasteiger partial charge is 0.491 e. The third kappa shape index (κ3) is 5.45. The Morgan fingerprint density at radius 3 is 2.79 bits per heavy atom. The molecule has 0 aliphatic carbocycles. The van der Waals surface area contributed by atoms with E-state index in [0.29, 0.717) is 13.2 Å². The maximum atomic E-state index is 10.6. The van der Waals surface area contributed by atoms with Crippen LogP contribution in [0.3, 0.4) is 0 Å². The van der Waals surface area contributed by atoms with Crippen molar-refractivity contribution in [3.05, 3.63) is 76.8 Å². The molecule has 3 rings (SSSR count). The maximum absolute atomic E-state index is 10.6. The Morgan fingerprint density at radius 2 is 2.04 bits per heavy atom. The van der Waals surface area contributed by atoms with Gasteiger partial charge in [0.1, 0.15) is 18.5 Å². The summed E-state index contributed by atoms with van der Waals surface area (Å²) in [7, 11) is 0. The zero-order chi connectivity index (χ0) is 19.9. The second kappa shape index (κ2) is 10.2. The smallest absolute Gasteiger partial charge is 0.122 e. The van der Waals surface area contributed by atoms with Crippen molar-refractivity contribution in [1.29, 1.82) is 0 Å². The molecule has 5 heteroatoms. The van der Waals surface area contributed by atoms with Gasteiger partial charge in [0.15, 0.2) is 0 Å². The van der Waals surface area contributed by atoms with Crippen molar-refractivity contribution in [3.8, 4) is 5.75 Å². The van der Waals surface area contributed by atoms with E-state index in [0.717, 1.165) is 34.3 Å². The van der Waals surface area contributed by atoms with E-state index in [2.05, 4.69) is 46.5 Å². The average Bonchev–Trinajstić information content (AvgIpc) is 2.70. The Labute approximate surface area is 175 Å². The molecule has 1 saturated heterocycles. The molecule has 4 nitrogen and oxygen atoms in total.